The molecule has 6 aromatic rings. The van der Waals surface area contributed by atoms with Crippen molar-refractivity contribution in [3.8, 4) is 28.5 Å². The Bertz CT molecular complexity index is 1750. The zero-order chi connectivity index (χ0) is 25.5. The number of para-hydroxylation sites is 1. The first-order valence-corrected chi connectivity index (χ1v) is 11.8. The first-order valence-electron chi connectivity index (χ1n) is 11.8. The van der Waals surface area contributed by atoms with Crippen molar-refractivity contribution in [3.05, 3.63) is 79.4 Å². The van der Waals surface area contributed by atoms with Gasteiger partial charge in [-0.1, -0.05) is 12.6 Å². The molecule has 0 amide bonds. The molecule has 6 rings (SSSR count). The molecule has 0 radical (unpaired) electrons. The lowest BCUT2D eigenvalue weighted by Gasteiger charge is -2.14. The molecule has 0 aliphatic carbocycles. The van der Waals surface area contributed by atoms with E-state index >= 15 is 0 Å². The Balaban J connectivity index is 1.38. The van der Waals surface area contributed by atoms with Crippen LogP contribution in [0.25, 0.3) is 50.4 Å². The Morgan fingerprint density at radius 3 is 2.81 bits per heavy atom. The van der Waals surface area contributed by atoms with Crippen LogP contribution in [0, 0.1) is 6.92 Å². The number of hydrogen-bond acceptors (Lipinski definition) is 7. The SMILES string of the molecule is C=C(CN(C)C)Nc1cncc(-c2cc3c(-c4nc5c(-n6cnc(C)c6)cccc5[nH]4)n[nH]c3cn2)c1. The number of nitrogens with one attached hydrogen (secondary N) is 3. The minimum atomic E-state index is 0.677. The molecule has 5 aromatic heterocycles. The lowest BCUT2D eigenvalue weighted by Crippen LogP contribution is -2.18. The number of imidazole rings is 2. The summed E-state index contributed by atoms with van der Waals surface area (Å²) in [4.78, 5) is 23.8. The van der Waals surface area contributed by atoms with E-state index in [-0.39, 0.29) is 0 Å². The van der Waals surface area contributed by atoms with Gasteiger partial charge in [-0.05, 0) is 45.3 Å². The summed E-state index contributed by atoms with van der Waals surface area (Å²) in [6.45, 7) is 6.79. The average Bonchev–Trinajstić information content (AvgIpc) is 3.60. The number of anilines is 1. The second-order valence-electron chi connectivity index (χ2n) is 9.30. The average molecular weight is 491 g/mol. The van der Waals surface area contributed by atoms with Crippen LogP contribution in [0.2, 0.25) is 0 Å². The van der Waals surface area contributed by atoms with Gasteiger partial charge in [-0.15, -0.1) is 0 Å². The summed E-state index contributed by atoms with van der Waals surface area (Å²) in [6.07, 6.45) is 9.15. The van der Waals surface area contributed by atoms with E-state index in [4.69, 9.17) is 4.98 Å². The van der Waals surface area contributed by atoms with Crippen molar-refractivity contribution in [2.75, 3.05) is 26.0 Å². The first kappa shape index (κ1) is 22.6. The van der Waals surface area contributed by atoms with Gasteiger partial charge in [0.1, 0.15) is 11.2 Å². The highest BCUT2D eigenvalue weighted by molar-refractivity contribution is 5.95. The minimum Gasteiger partial charge on any atom is -0.357 e. The van der Waals surface area contributed by atoms with Gasteiger partial charge in [-0.25, -0.2) is 9.97 Å². The van der Waals surface area contributed by atoms with Crippen molar-refractivity contribution in [3.63, 3.8) is 0 Å². The highest BCUT2D eigenvalue weighted by Gasteiger charge is 2.16. The predicted octanol–water partition coefficient (Wildman–Crippen LogP) is 4.54. The minimum absolute atomic E-state index is 0.677. The Labute approximate surface area is 213 Å². The number of rotatable bonds is 7. The van der Waals surface area contributed by atoms with Gasteiger partial charge in [0.05, 0.1) is 52.5 Å². The highest BCUT2D eigenvalue weighted by Crippen LogP contribution is 2.31. The second kappa shape index (κ2) is 8.99. The summed E-state index contributed by atoms with van der Waals surface area (Å²) in [6, 6.07) is 10.1. The number of H-pyrrole nitrogens is 2. The van der Waals surface area contributed by atoms with E-state index in [1.54, 1.807) is 24.9 Å². The predicted molar refractivity (Wildman–Crippen MR) is 145 cm³/mol. The van der Waals surface area contributed by atoms with Crippen LogP contribution in [-0.2, 0) is 0 Å². The number of pyridine rings is 2. The van der Waals surface area contributed by atoms with Gasteiger partial charge >= 0.3 is 0 Å². The molecule has 37 heavy (non-hydrogen) atoms. The summed E-state index contributed by atoms with van der Waals surface area (Å²) >= 11 is 0. The van der Waals surface area contributed by atoms with Gasteiger partial charge in [0.25, 0.3) is 0 Å². The van der Waals surface area contributed by atoms with E-state index in [0.717, 1.165) is 68.2 Å². The van der Waals surface area contributed by atoms with E-state index in [0.29, 0.717) is 5.82 Å². The molecule has 0 saturated carbocycles. The van der Waals surface area contributed by atoms with Crippen LogP contribution in [0.5, 0.6) is 0 Å². The quantitative estimate of drug-likeness (QED) is 0.301. The van der Waals surface area contributed by atoms with Crippen molar-refractivity contribution >= 4 is 27.6 Å². The third kappa shape index (κ3) is 4.34. The molecule has 3 N–H and O–H groups in total. The zero-order valence-corrected chi connectivity index (χ0v) is 20.8. The van der Waals surface area contributed by atoms with Crippen molar-refractivity contribution in [1.82, 2.24) is 44.6 Å². The molecule has 0 spiro atoms. The monoisotopic (exact) mass is 490 g/mol. The second-order valence-corrected chi connectivity index (χ2v) is 9.30. The van der Waals surface area contributed by atoms with Crippen LogP contribution < -0.4 is 5.32 Å². The Morgan fingerprint density at radius 1 is 1.11 bits per heavy atom. The molecule has 10 nitrogen and oxygen atoms in total. The fraction of sp³-hybridized carbons (Fsp3) is 0.148. The van der Waals surface area contributed by atoms with Crippen molar-refractivity contribution in [2.24, 2.45) is 0 Å². The Kier molecular flexibility index (Phi) is 5.50. The number of nitrogens with zero attached hydrogens (tertiary/aromatic N) is 7. The van der Waals surface area contributed by atoms with E-state index in [9.17, 15) is 0 Å². The largest absolute Gasteiger partial charge is 0.357 e. The maximum Gasteiger partial charge on any atom is 0.159 e. The van der Waals surface area contributed by atoms with Crippen LogP contribution >= 0.6 is 0 Å². The molecule has 184 valence electrons. The summed E-state index contributed by atoms with van der Waals surface area (Å²) in [7, 11) is 4.01. The molecular weight excluding hydrogens is 464 g/mol. The smallest absolute Gasteiger partial charge is 0.159 e. The van der Waals surface area contributed by atoms with Crippen molar-refractivity contribution in [2.45, 2.75) is 6.92 Å². The first-order chi connectivity index (χ1) is 17.9. The number of aryl methyl sites for hydroxylation is 1. The molecule has 0 aliphatic heterocycles. The van der Waals surface area contributed by atoms with Gasteiger partial charge in [0, 0.05) is 35.6 Å². The van der Waals surface area contributed by atoms with Gasteiger partial charge in [-0.3, -0.25) is 15.1 Å². The normalized spacial score (nSPS) is 11.6. The molecule has 5 heterocycles. The number of aromatic nitrogens is 8. The molecular formula is C27H26N10. The van der Waals surface area contributed by atoms with Gasteiger partial charge < -0.3 is 19.8 Å². The maximum absolute atomic E-state index is 4.92. The molecule has 1 aromatic carbocycles. The fourth-order valence-corrected chi connectivity index (χ4v) is 4.42. The molecule has 0 saturated heterocycles. The summed E-state index contributed by atoms with van der Waals surface area (Å²) in [5.41, 5.74) is 8.64. The van der Waals surface area contributed by atoms with Gasteiger partial charge in [0.15, 0.2) is 5.82 Å². The maximum atomic E-state index is 4.92. The van der Waals surface area contributed by atoms with Crippen LogP contribution in [0.1, 0.15) is 5.69 Å². The third-order valence-electron chi connectivity index (χ3n) is 6.02. The number of aromatic amines is 2. The van der Waals surface area contributed by atoms with Gasteiger partial charge in [0.2, 0.25) is 0 Å². The standard InChI is InChI=1S/C27H26N10/c1-16-14-37(15-30-16)24-7-5-6-21-26(24)33-27(32-21)25-20-9-22(29-12-23(20)34-35-25)18-8-19(11-28-10-18)31-17(2)13-36(3)4/h5-12,14-15,31H,2,13H2,1,3-4H3,(H,32,33)(H,34,35). The third-order valence-corrected chi connectivity index (χ3v) is 6.02. The van der Waals surface area contributed by atoms with E-state index < -0.39 is 0 Å². The number of benzene rings is 1. The van der Waals surface area contributed by atoms with E-state index in [2.05, 4.69) is 46.9 Å². The lowest BCUT2D eigenvalue weighted by atomic mass is 10.1. The van der Waals surface area contributed by atoms with E-state index in [1.807, 2.05) is 62.1 Å². The van der Waals surface area contributed by atoms with E-state index in [1.165, 1.54) is 0 Å². The summed E-state index contributed by atoms with van der Waals surface area (Å²) in [5.74, 6) is 0.677. The number of likely N-dealkylation sites (N-methyl/N-ethyl adjacent to an activating group) is 1. The fourth-order valence-electron chi connectivity index (χ4n) is 4.42. The summed E-state index contributed by atoms with van der Waals surface area (Å²) < 4.78 is 1.98. The van der Waals surface area contributed by atoms with Crippen LogP contribution in [-0.4, -0.2) is 65.2 Å². The molecule has 0 atom stereocenters. The van der Waals surface area contributed by atoms with Crippen molar-refractivity contribution < 1.29 is 0 Å². The summed E-state index contributed by atoms with van der Waals surface area (Å²) in [5, 5.41) is 11.9. The van der Waals surface area contributed by atoms with Gasteiger partial charge in [-0.2, -0.15) is 5.10 Å². The topological polar surface area (TPSA) is 116 Å². The molecule has 10 heteroatoms. The Hall–Kier alpha value is -4.83. The molecule has 0 fully saturated rings. The molecule has 0 aliphatic rings. The van der Waals surface area contributed by atoms with Crippen molar-refractivity contribution in [1.29, 1.82) is 0 Å². The van der Waals surface area contributed by atoms with Crippen LogP contribution in [0.4, 0.5) is 5.69 Å². The van der Waals surface area contributed by atoms with Crippen LogP contribution in [0.15, 0.2) is 73.7 Å². The Morgan fingerprint density at radius 2 is 2.00 bits per heavy atom. The molecule has 0 unspecified atom stereocenters. The molecule has 0 bridgehead atoms. The lowest BCUT2D eigenvalue weighted by molar-refractivity contribution is 0.447. The number of hydrogen-bond donors (Lipinski definition) is 3. The highest BCUT2D eigenvalue weighted by atomic mass is 15.1. The number of fused-ring (bicyclic) bond motifs is 2. The van der Waals surface area contributed by atoms with Crippen LogP contribution in [0.3, 0.4) is 0 Å². The zero-order valence-electron chi connectivity index (χ0n) is 20.8.